The summed E-state index contributed by atoms with van der Waals surface area (Å²) < 4.78 is 40.1. The van der Waals surface area contributed by atoms with Gasteiger partial charge in [0.25, 0.3) is 0 Å². The molecule has 21 heavy (non-hydrogen) atoms. The van der Waals surface area contributed by atoms with Crippen molar-refractivity contribution in [3.05, 3.63) is 29.8 Å². The number of halogens is 3. The molecule has 0 spiro atoms. The van der Waals surface area contributed by atoms with E-state index in [0.29, 0.717) is 12.1 Å². The highest BCUT2D eigenvalue weighted by molar-refractivity contribution is 6.01. The summed E-state index contributed by atoms with van der Waals surface area (Å²) in [6.07, 6.45) is -2.28. The summed E-state index contributed by atoms with van der Waals surface area (Å²) in [4.78, 5) is 12.7. The van der Waals surface area contributed by atoms with E-state index in [1.165, 1.54) is 24.3 Å². The highest BCUT2D eigenvalue weighted by Gasteiger charge is 2.40. The normalized spacial score (nSPS) is 22.3. The molecular weight excluding hydrogens is 283 g/mol. The quantitative estimate of drug-likeness (QED) is 0.845. The molecule has 1 atom stereocenters. The van der Waals surface area contributed by atoms with Crippen LogP contribution in [0.1, 0.15) is 36.5 Å². The summed E-state index contributed by atoms with van der Waals surface area (Å²) in [6.45, 7) is 3.44. The molecule has 1 aromatic rings. The first-order valence-electron chi connectivity index (χ1n) is 6.98. The average molecular weight is 301 g/mol. The van der Waals surface area contributed by atoms with Gasteiger partial charge >= 0.3 is 6.36 Å². The molecule has 1 aliphatic rings. The predicted octanol–water partition coefficient (Wildman–Crippen LogP) is 3.55. The molecule has 0 radical (unpaired) electrons. The summed E-state index contributed by atoms with van der Waals surface area (Å²) in [6, 6.07) is 5.17. The molecule has 0 aliphatic carbocycles. The zero-order valence-electron chi connectivity index (χ0n) is 11.8. The highest BCUT2D eigenvalue weighted by atomic mass is 19.4. The second-order valence-corrected chi connectivity index (χ2v) is 5.36. The largest absolute Gasteiger partial charge is 0.573 e. The molecule has 1 aliphatic heterocycles. The molecule has 1 unspecified atom stereocenters. The van der Waals surface area contributed by atoms with Crippen molar-refractivity contribution in [2.24, 2.45) is 5.41 Å². The Hall–Kier alpha value is -1.56. The number of benzene rings is 1. The van der Waals surface area contributed by atoms with Crippen LogP contribution in [0.5, 0.6) is 5.75 Å². The molecule has 0 amide bonds. The number of Topliss-reactive ketones (excluding diaryl/α,β-unsaturated/α-hetero) is 1. The molecule has 1 saturated heterocycles. The first kappa shape index (κ1) is 15.8. The maximum atomic E-state index is 12.7. The second kappa shape index (κ2) is 6.05. The summed E-state index contributed by atoms with van der Waals surface area (Å²) in [5, 5.41) is 3.20. The third kappa shape index (κ3) is 3.75. The van der Waals surface area contributed by atoms with Crippen LogP contribution in [0.25, 0.3) is 0 Å². The van der Waals surface area contributed by atoms with Gasteiger partial charge in [0.05, 0.1) is 0 Å². The number of hydrogen-bond acceptors (Lipinski definition) is 3. The highest BCUT2D eigenvalue weighted by Crippen LogP contribution is 2.35. The second-order valence-electron chi connectivity index (χ2n) is 5.36. The van der Waals surface area contributed by atoms with Gasteiger partial charge in [-0.25, -0.2) is 0 Å². The van der Waals surface area contributed by atoms with Crippen molar-refractivity contribution in [1.29, 1.82) is 0 Å². The van der Waals surface area contributed by atoms with Gasteiger partial charge < -0.3 is 10.1 Å². The summed E-state index contributed by atoms with van der Waals surface area (Å²) in [5.74, 6) is -0.318. The van der Waals surface area contributed by atoms with E-state index >= 15 is 0 Å². The molecule has 116 valence electrons. The molecule has 0 saturated carbocycles. The first-order chi connectivity index (χ1) is 9.86. The van der Waals surface area contributed by atoms with Crippen LogP contribution in [0.15, 0.2) is 24.3 Å². The lowest BCUT2D eigenvalue weighted by Gasteiger charge is -2.26. The lowest BCUT2D eigenvalue weighted by molar-refractivity contribution is -0.274. The number of ether oxygens (including phenoxy) is 1. The Balaban J connectivity index is 2.15. The van der Waals surface area contributed by atoms with Crippen LogP contribution in [0.3, 0.4) is 0 Å². The fraction of sp³-hybridized carbons (Fsp3) is 0.533. The molecule has 6 heteroatoms. The molecule has 1 fully saturated rings. The maximum absolute atomic E-state index is 12.7. The average Bonchev–Trinajstić information content (AvgIpc) is 2.87. The molecule has 1 aromatic carbocycles. The Morgan fingerprint density at radius 1 is 1.33 bits per heavy atom. The van der Waals surface area contributed by atoms with E-state index in [4.69, 9.17) is 0 Å². The number of nitrogens with one attached hydrogen (secondary N) is 1. The van der Waals surface area contributed by atoms with Crippen molar-refractivity contribution in [3.63, 3.8) is 0 Å². The van der Waals surface area contributed by atoms with Gasteiger partial charge in [-0.2, -0.15) is 0 Å². The van der Waals surface area contributed by atoms with Gasteiger partial charge in [-0.1, -0.05) is 13.3 Å². The van der Waals surface area contributed by atoms with Crippen LogP contribution in [0.4, 0.5) is 13.2 Å². The molecule has 1 N–H and O–H groups in total. The van der Waals surface area contributed by atoms with Crippen molar-refractivity contribution < 1.29 is 22.7 Å². The van der Waals surface area contributed by atoms with E-state index in [0.717, 1.165) is 25.8 Å². The van der Waals surface area contributed by atoms with Crippen molar-refractivity contribution >= 4 is 5.78 Å². The van der Waals surface area contributed by atoms with Crippen LogP contribution in [0, 0.1) is 5.41 Å². The minimum Gasteiger partial charge on any atom is -0.406 e. The summed E-state index contributed by atoms with van der Waals surface area (Å²) in [7, 11) is 0. The van der Waals surface area contributed by atoms with E-state index in [1.54, 1.807) is 0 Å². The van der Waals surface area contributed by atoms with Gasteiger partial charge in [0.15, 0.2) is 5.78 Å². The molecule has 1 heterocycles. The maximum Gasteiger partial charge on any atom is 0.573 e. The van der Waals surface area contributed by atoms with E-state index in [1.807, 2.05) is 6.92 Å². The Labute approximate surface area is 121 Å². The number of carbonyl (C=O) groups is 1. The zero-order chi connectivity index (χ0) is 15.5. The van der Waals surface area contributed by atoms with E-state index in [2.05, 4.69) is 10.1 Å². The summed E-state index contributed by atoms with van der Waals surface area (Å²) >= 11 is 0. The van der Waals surface area contributed by atoms with Crippen LogP contribution in [-0.4, -0.2) is 25.2 Å². The molecular formula is C15H18F3NO2. The van der Waals surface area contributed by atoms with Crippen LogP contribution < -0.4 is 10.1 Å². The molecule has 2 rings (SSSR count). The Kier molecular flexibility index (Phi) is 4.56. The van der Waals surface area contributed by atoms with E-state index < -0.39 is 11.8 Å². The van der Waals surface area contributed by atoms with Gasteiger partial charge in [-0.15, -0.1) is 13.2 Å². The third-order valence-electron chi connectivity index (χ3n) is 3.80. The van der Waals surface area contributed by atoms with Gasteiger partial charge in [0, 0.05) is 17.5 Å². The molecule has 0 aromatic heterocycles. The lowest BCUT2D eigenvalue weighted by Crippen LogP contribution is -2.33. The van der Waals surface area contributed by atoms with Gasteiger partial charge in [-0.05, 0) is 43.7 Å². The molecule has 3 nitrogen and oxygen atoms in total. The van der Waals surface area contributed by atoms with Gasteiger partial charge in [0.1, 0.15) is 5.75 Å². The standard InChI is InChI=1S/C15H18F3NO2/c1-2-7-14(8-9-19-10-14)13(20)11-3-5-12(6-4-11)21-15(16,17)18/h3-6,19H,2,7-10H2,1H3. The van der Waals surface area contributed by atoms with Crippen LogP contribution in [0.2, 0.25) is 0 Å². The topological polar surface area (TPSA) is 38.3 Å². The van der Waals surface area contributed by atoms with Crippen molar-refractivity contribution in [3.8, 4) is 5.75 Å². The Morgan fingerprint density at radius 3 is 2.48 bits per heavy atom. The Bertz CT molecular complexity index is 491. The van der Waals surface area contributed by atoms with Crippen molar-refractivity contribution in [2.45, 2.75) is 32.5 Å². The van der Waals surface area contributed by atoms with Crippen molar-refractivity contribution in [1.82, 2.24) is 5.32 Å². The Morgan fingerprint density at radius 2 is 2.00 bits per heavy atom. The monoisotopic (exact) mass is 301 g/mol. The SMILES string of the molecule is CCCC1(C(=O)c2ccc(OC(F)(F)F)cc2)CCNC1. The number of carbonyl (C=O) groups excluding carboxylic acids is 1. The van der Waals surface area contributed by atoms with E-state index in [-0.39, 0.29) is 11.5 Å². The lowest BCUT2D eigenvalue weighted by atomic mass is 9.76. The zero-order valence-corrected chi connectivity index (χ0v) is 11.8. The first-order valence-corrected chi connectivity index (χ1v) is 6.98. The number of ketones is 1. The number of alkyl halides is 3. The minimum absolute atomic E-state index is 0.00657. The third-order valence-corrected chi connectivity index (χ3v) is 3.80. The summed E-state index contributed by atoms with van der Waals surface area (Å²) in [5.41, 5.74) is 0.00269. The van der Waals surface area contributed by atoms with Crippen LogP contribution >= 0.6 is 0 Å². The fourth-order valence-corrected chi connectivity index (χ4v) is 2.86. The minimum atomic E-state index is -4.72. The molecule has 0 bridgehead atoms. The fourth-order valence-electron chi connectivity index (χ4n) is 2.86. The van der Waals surface area contributed by atoms with Gasteiger partial charge in [-0.3, -0.25) is 4.79 Å². The van der Waals surface area contributed by atoms with Gasteiger partial charge in [0.2, 0.25) is 0 Å². The van der Waals surface area contributed by atoms with Crippen molar-refractivity contribution in [2.75, 3.05) is 13.1 Å². The smallest absolute Gasteiger partial charge is 0.406 e. The number of rotatable bonds is 5. The predicted molar refractivity (Wildman–Crippen MR) is 72.3 cm³/mol. The number of hydrogen-bond donors (Lipinski definition) is 1. The van der Waals surface area contributed by atoms with E-state index in [9.17, 15) is 18.0 Å². The van der Waals surface area contributed by atoms with Crippen LogP contribution in [-0.2, 0) is 0 Å².